The maximum atomic E-state index is 12.3. The monoisotopic (exact) mass is 417 g/mol. The molecule has 0 unspecified atom stereocenters. The number of nitriles is 1. The molecule has 31 heavy (non-hydrogen) atoms. The number of imidazole rings is 1. The smallest absolute Gasteiger partial charge is 0.143 e. The number of nitrogens with zero attached hydrogens (tertiary/aromatic N) is 3. The zero-order chi connectivity index (χ0) is 21.5. The Morgan fingerprint density at radius 2 is 1.81 bits per heavy atom. The van der Waals surface area contributed by atoms with Gasteiger partial charge in [-0.05, 0) is 75.7 Å². The topological polar surface area (TPSA) is 67.9 Å². The molecule has 3 aliphatic rings. The van der Waals surface area contributed by atoms with E-state index in [4.69, 9.17) is 9.72 Å². The van der Waals surface area contributed by atoms with E-state index in [9.17, 15) is 10.1 Å². The van der Waals surface area contributed by atoms with Gasteiger partial charge < -0.3 is 14.1 Å². The average Bonchev–Trinajstić information content (AvgIpc) is 3.73. The first-order valence-electron chi connectivity index (χ1n) is 11.7. The molecule has 0 bridgehead atoms. The van der Waals surface area contributed by atoms with Crippen molar-refractivity contribution in [3.05, 3.63) is 53.1 Å². The number of carbonyl (C=O) groups is 1. The van der Waals surface area contributed by atoms with Gasteiger partial charge >= 0.3 is 0 Å². The minimum Gasteiger partial charge on any atom is -0.367 e. The highest BCUT2D eigenvalue weighted by molar-refractivity contribution is 5.69. The summed E-state index contributed by atoms with van der Waals surface area (Å²) in [4.78, 5) is 17.3. The van der Waals surface area contributed by atoms with Crippen LogP contribution in [0.5, 0.6) is 0 Å². The molecule has 0 aliphatic heterocycles. The van der Waals surface area contributed by atoms with Crippen molar-refractivity contribution in [3.63, 3.8) is 0 Å². The van der Waals surface area contributed by atoms with E-state index in [2.05, 4.69) is 22.8 Å². The van der Waals surface area contributed by atoms with E-state index < -0.39 is 11.0 Å². The summed E-state index contributed by atoms with van der Waals surface area (Å²) in [7, 11) is 0. The van der Waals surface area contributed by atoms with Gasteiger partial charge in [0.15, 0.2) is 0 Å². The molecule has 3 saturated carbocycles. The zero-order valence-electron chi connectivity index (χ0n) is 18.3. The molecule has 5 nitrogen and oxygen atoms in total. The Labute approximate surface area is 184 Å². The van der Waals surface area contributed by atoms with E-state index in [0.29, 0.717) is 17.5 Å². The molecule has 0 atom stereocenters. The summed E-state index contributed by atoms with van der Waals surface area (Å²) < 4.78 is 8.85. The molecule has 0 saturated heterocycles. The highest BCUT2D eigenvalue weighted by atomic mass is 16.5. The molecular weight excluding hydrogens is 386 g/mol. The third-order valence-corrected chi connectivity index (χ3v) is 7.61. The predicted molar refractivity (Wildman–Crippen MR) is 117 cm³/mol. The minimum absolute atomic E-state index is 0.464. The summed E-state index contributed by atoms with van der Waals surface area (Å²) >= 11 is 0. The van der Waals surface area contributed by atoms with Gasteiger partial charge in [0, 0.05) is 6.54 Å². The first-order valence-corrected chi connectivity index (χ1v) is 11.7. The number of hydrogen-bond donors (Lipinski definition) is 0. The van der Waals surface area contributed by atoms with Crippen LogP contribution in [0.2, 0.25) is 0 Å². The fraction of sp³-hybridized carbons (Fsp3) is 0.577. The van der Waals surface area contributed by atoms with E-state index in [0.717, 1.165) is 62.2 Å². The fourth-order valence-electron chi connectivity index (χ4n) is 5.14. The van der Waals surface area contributed by atoms with Crippen molar-refractivity contribution < 1.29 is 9.53 Å². The molecule has 2 aromatic rings. The van der Waals surface area contributed by atoms with Crippen LogP contribution in [0.4, 0.5) is 0 Å². The number of rotatable bonds is 8. The molecule has 5 rings (SSSR count). The van der Waals surface area contributed by atoms with Gasteiger partial charge in [0.2, 0.25) is 0 Å². The molecule has 3 aliphatic carbocycles. The number of aldehydes is 1. The van der Waals surface area contributed by atoms with Gasteiger partial charge in [-0.1, -0.05) is 30.3 Å². The zero-order valence-corrected chi connectivity index (χ0v) is 18.3. The molecule has 5 heteroatoms. The van der Waals surface area contributed by atoms with Crippen LogP contribution in [0.15, 0.2) is 30.3 Å². The second-order valence-corrected chi connectivity index (χ2v) is 9.92. The van der Waals surface area contributed by atoms with Gasteiger partial charge in [-0.2, -0.15) is 5.26 Å². The van der Waals surface area contributed by atoms with Crippen molar-refractivity contribution in [1.82, 2.24) is 9.55 Å². The Morgan fingerprint density at radius 3 is 2.39 bits per heavy atom. The molecule has 1 aromatic carbocycles. The summed E-state index contributed by atoms with van der Waals surface area (Å²) in [5, 5.41) is 9.83. The molecule has 162 valence electrons. The van der Waals surface area contributed by atoms with Crippen molar-refractivity contribution in [2.24, 2.45) is 11.8 Å². The number of carbonyl (C=O) groups excluding carboxylic acids is 1. The van der Waals surface area contributed by atoms with Gasteiger partial charge in [0.1, 0.15) is 29.5 Å². The van der Waals surface area contributed by atoms with Gasteiger partial charge in [0.25, 0.3) is 0 Å². The van der Waals surface area contributed by atoms with Gasteiger partial charge in [-0.3, -0.25) is 0 Å². The molecule has 0 amide bonds. The average molecular weight is 418 g/mol. The van der Waals surface area contributed by atoms with Crippen LogP contribution in [0.3, 0.4) is 0 Å². The quantitative estimate of drug-likeness (QED) is 0.578. The SMILES string of the molecule is Cc1nc(C2(OCC3CC3)CCC(C=O)(c3ccccc3)CC2)n(CC2CC2)c1C#N. The van der Waals surface area contributed by atoms with Crippen LogP contribution in [0.25, 0.3) is 0 Å². The Balaban J connectivity index is 1.50. The van der Waals surface area contributed by atoms with Crippen LogP contribution in [0, 0.1) is 30.1 Å². The Morgan fingerprint density at radius 1 is 1.13 bits per heavy atom. The molecule has 0 spiro atoms. The molecule has 3 fully saturated rings. The third kappa shape index (κ3) is 3.83. The fourth-order valence-corrected chi connectivity index (χ4v) is 5.14. The van der Waals surface area contributed by atoms with Crippen molar-refractivity contribution >= 4 is 6.29 Å². The van der Waals surface area contributed by atoms with Crippen molar-refractivity contribution in [2.45, 2.75) is 75.9 Å². The second-order valence-electron chi connectivity index (χ2n) is 9.92. The van der Waals surface area contributed by atoms with Crippen LogP contribution >= 0.6 is 0 Å². The number of benzene rings is 1. The number of ether oxygens (including phenoxy) is 1. The Kier molecular flexibility index (Phi) is 5.22. The van der Waals surface area contributed by atoms with E-state index in [-0.39, 0.29) is 0 Å². The van der Waals surface area contributed by atoms with Crippen molar-refractivity contribution in [1.29, 1.82) is 5.26 Å². The predicted octanol–water partition coefficient (Wildman–Crippen LogP) is 4.81. The normalized spacial score (nSPS) is 28.3. The number of hydrogen-bond acceptors (Lipinski definition) is 4. The van der Waals surface area contributed by atoms with Crippen LogP contribution < -0.4 is 0 Å². The van der Waals surface area contributed by atoms with Crippen molar-refractivity contribution in [3.8, 4) is 6.07 Å². The molecule has 0 N–H and O–H groups in total. The van der Waals surface area contributed by atoms with Gasteiger partial charge in [0.05, 0.1) is 17.7 Å². The first kappa shape index (κ1) is 20.5. The second kappa shape index (κ2) is 7.91. The summed E-state index contributed by atoms with van der Waals surface area (Å²) in [6, 6.07) is 12.5. The lowest BCUT2D eigenvalue weighted by Crippen LogP contribution is -2.44. The molecule has 0 radical (unpaired) electrons. The van der Waals surface area contributed by atoms with E-state index in [1.165, 1.54) is 25.7 Å². The molecule has 1 heterocycles. The summed E-state index contributed by atoms with van der Waals surface area (Å²) in [5.74, 6) is 2.20. The number of aryl methyl sites for hydroxylation is 1. The van der Waals surface area contributed by atoms with Crippen LogP contribution in [0.1, 0.15) is 74.1 Å². The van der Waals surface area contributed by atoms with E-state index in [1.807, 2.05) is 25.1 Å². The summed E-state index contributed by atoms with van der Waals surface area (Å²) in [5.41, 5.74) is 1.58. The van der Waals surface area contributed by atoms with Crippen molar-refractivity contribution in [2.75, 3.05) is 6.61 Å². The van der Waals surface area contributed by atoms with Gasteiger partial charge in [-0.25, -0.2) is 4.98 Å². The highest BCUT2D eigenvalue weighted by Gasteiger charge is 2.49. The Bertz CT molecular complexity index is 988. The van der Waals surface area contributed by atoms with Gasteiger partial charge in [-0.15, -0.1) is 0 Å². The first-order chi connectivity index (χ1) is 15.1. The lowest BCUT2D eigenvalue weighted by Gasteiger charge is -2.44. The largest absolute Gasteiger partial charge is 0.367 e. The third-order valence-electron chi connectivity index (χ3n) is 7.61. The maximum Gasteiger partial charge on any atom is 0.143 e. The van der Waals surface area contributed by atoms with E-state index in [1.54, 1.807) is 0 Å². The lowest BCUT2D eigenvalue weighted by molar-refractivity contribution is -0.123. The molecule has 1 aromatic heterocycles. The standard InChI is InChI=1S/C26H31N3O2/c1-19-23(15-27)29(16-20-7-8-20)24(28-19)26(31-17-21-9-10-21)13-11-25(18-30,12-14-26)22-5-3-2-4-6-22/h2-6,18,20-21H,7-14,16-17H2,1H3. The Hall–Kier alpha value is -2.45. The minimum atomic E-state index is -0.515. The van der Waals surface area contributed by atoms with Crippen LogP contribution in [-0.4, -0.2) is 22.4 Å². The molecular formula is C26H31N3O2. The summed E-state index contributed by atoms with van der Waals surface area (Å²) in [6.45, 7) is 3.53. The van der Waals surface area contributed by atoms with Crippen LogP contribution in [-0.2, 0) is 27.1 Å². The lowest BCUT2D eigenvalue weighted by atomic mass is 9.65. The maximum absolute atomic E-state index is 12.3. The van der Waals surface area contributed by atoms with E-state index >= 15 is 0 Å². The summed E-state index contributed by atoms with van der Waals surface area (Å²) in [6.07, 6.45) is 9.04. The highest BCUT2D eigenvalue weighted by Crippen LogP contribution is 2.49. The number of aromatic nitrogens is 2.